The normalized spacial score (nSPS) is 20.3. The molecular formula is C17H15N2O+. The van der Waals surface area contributed by atoms with Crippen molar-refractivity contribution >= 4 is 17.3 Å². The molecule has 0 aliphatic carbocycles. The van der Waals surface area contributed by atoms with Gasteiger partial charge in [-0.1, -0.05) is 36.4 Å². The van der Waals surface area contributed by atoms with E-state index in [1.165, 1.54) is 11.1 Å². The summed E-state index contributed by atoms with van der Waals surface area (Å²) in [4.78, 5) is 12.3. The number of amides is 1. The van der Waals surface area contributed by atoms with Crippen LogP contribution in [-0.4, -0.2) is 22.7 Å². The van der Waals surface area contributed by atoms with Crippen LogP contribution >= 0.6 is 0 Å². The van der Waals surface area contributed by atoms with E-state index in [1.807, 2.05) is 24.3 Å². The molecule has 0 aromatic heterocycles. The van der Waals surface area contributed by atoms with E-state index in [0.29, 0.717) is 0 Å². The fraction of sp³-hybridized carbons (Fsp3) is 0.176. The van der Waals surface area contributed by atoms with Crippen LogP contribution in [0.15, 0.2) is 48.5 Å². The number of para-hydroxylation sites is 1. The van der Waals surface area contributed by atoms with Crippen molar-refractivity contribution in [1.82, 2.24) is 0 Å². The predicted octanol–water partition coefficient (Wildman–Crippen LogP) is 2.20. The molecule has 2 aromatic carbocycles. The van der Waals surface area contributed by atoms with Crippen molar-refractivity contribution in [3.63, 3.8) is 0 Å². The van der Waals surface area contributed by atoms with Gasteiger partial charge in [-0.25, -0.2) is 4.58 Å². The number of nitrogens with zero attached hydrogens (tertiary/aromatic N) is 1. The van der Waals surface area contributed by atoms with Crippen LogP contribution in [0.3, 0.4) is 0 Å². The Balaban J connectivity index is 1.83. The standard InChI is InChI=1S/C17H14N2O/c20-17-16(14-7-3-4-8-15(14)18-17)19-10-9-12-5-1-2-6-13(12)11-19/h1-8H,9-11H2/p+1. The molecule has 2 aliphatic rings. The van der Waals surface area contributed by atoms with Gasteiger partial charge in [0.25, 0.3) is 5.71 Å². The van der Waals surface area contributed by atoms with Gasteiger partial charge in [0, 0.05) is 12.0 Å². The summed E-state index contributed by atoms with van der Waals surface area (Å²) in [5.74, 6) is 0.0191. The van der Waals surface area contributed by atoms with Gasteiger partial charge in [0.2, 0.25) is 0 Å². The molecule has 0 saturated carbocycles. The highest BCUT2D eigenvalue weighted by Crippen LogP contribution is 2.24. The quantitative estimate of drug-likeness (QED) is 0.726. The van der Waals surface area contributed by atoms with Gasteiger partial charge in [-0.3, -0.25) is 4.79 Å². The van der Waals surface area contributed by atoms with Crippen molar-refractivity contribution < 1.29 is 9.37 Å². The Morgan fingerprint density at radius 1 is 0.950 bits per heavy atom. The van der Waals surface area contributed by atoms with E-state index in [-0.39, 0.29) is 5.91 Å². The average Bonchev–Trinajstić information content (AvgIpc) is 2.82. The zero-order valence-corrected chi connectivity index (χ0v) is 11.1. The SMILES string of the molecule is O=C1Nc2ccccc2C1=[N+]1CCc2ccccc2C1. The summed E-state index contributed by atoms with van der Waals surface area (Å²) in [5.41, 5.74) is 5.48. The number of rotatable bonds is 0. The molecule has 0 saturated heterocycles. The zero-order chi connectivity index (χ0) is 13.5. The molecule has 0 spiro atoms. The molecule has 0 unspecified atom stereocenters. The highest BCUT2D eigenvalue weighted by molar-refractivity contribution is 6.52. The molecule has 0 atom stereocenters. The summed E-state index contributed by atoms with van der Waals surface area (Å²) in [7, 11) is 0. The number of fused-ring (bicyclic) bond motifs is 2. The third-order valence-corrected chi connectivity index (χ3v) is 4.09. The van der Waals surface area contributed by atoms with E-state index in [0.717, 1.165) is 36.5 Å². The molecule has 20 heavy (non-hydrogen) atoms. The fourth-order valence-electron chi connectivity index (χ4n) is 3.10. The van der Waals surface area contributed by atoms with E-state index in [9.17, 15) is 4.79 Å². The molecule has 2 heterocycles. The second kappa shape index (κ2) is 4.30. The van der Waals surface area contributed by atoms with Crippen LogP contribution in [0.5, 0.6) is 0 Å². The molecule has 98 valence electrons. The summed E-state index contributed by atoms with van der Waals surface area (Å²) in [5, 5.41) is 2.95. The summed E-state index contributed by atoms with van der Waals surface area (Å²) in [6, 6.07) is 16.4. The lowest BCUT2D eigenvalue weighted by Gasteiger charge is -2.15. The van der Waals surface area contributed by atoms with Crippen molar-refractivity contribution in [2.75, 3.05) is 11.9 Å². The van der Waals surface area contributed by atoms with E-state index in [1.54, 1.807) is 0 Å². The Labute approximate surface area is 117 Å². The van der Waals surface area contributed by atoms with Gasteiger partial charge >= 0.3 is 5.91 Å². The van der Waals surface area contributed by atoms with E-state index in [2.05, 4.69) is 34.2 Å². The Bertz CT molecular complexity index is 746. The fourth-order valence-corrected chi connectivity index (χ4v) is 3.10. The van der Waals surface area contributed by atoms with Gasteiger partial charge in [-0.05, 0) is 17.7 Å². The predicted molar refractivity (Wildman–Crippen MR) is 78.2 cm³/mol. The van der Waals surface area contributed by atoms with Crippen molar-refractivity contribution in [1.29, 1.82) is 0 Å². The van der Waals surface area contributed by atoms with Crippen LogP contribution in [-0.2, 0) is 17.8 Å². The number of carbonyl (C=O) groups excluding carboxylic acids is 1. The van der Waals surface area contributed by atoms with Gasteiger partial charge < -0.3 is 5.32 Å². The zero-order valence-electron chi connectivity index (χ0n) is 11.1. The Morgan fingerprint density at radius 2 is 1.70 bits per heavy atom. The monoisotopic (exact) mass is 263 g/mol. The lowest BCUT2D eigenvalue weighted by Crippen LogP contribution is -2.32. The van der Waals surface area contributed by atoms with Crippen LogP contribution < -0.4 is 5.32 Å². The number of hydrogen-bond acceptors (Lipinski definition) is 1. The van der Waals surface area contributed by atoms with Gasteiger partial charge in [0.1, 0.15) is 6.54 Å². The first-order valence-electron chi connectivity index (χ1n) is 6.92. The maximum atomic E-state index is 12.3. The minimum atomic E-state index is 0.0191. The minimum absolute atomic E-state index is 0.0191. The molecule has 2 aliphatic heterocycles. The van der Waals surface area contributed by atoms with Crippen molar-refractivity contribution in [3.8, 4) is 0 Å². The molecule has 0 fully saturated rings. The summed E-state index contributed by atoms with van der Waals surface area (Å²) >= 11 is 0. The molecule has 3 heteroatoms. The first-order chi connectivity index (χ1) is 9.83. The van der Waals surface area contributed by atoms with Gasteiger partial charge in [-0.2, -0.15) is 0 Å². The first kappa shape index (κ1) is 11.4. The maximum absolute atomic E-state index is 12.3. The summed E-state index contributed by atoms with van der Waals surface area (Å²) in [6.45, 7) is 1.71. The van der Waals surface area contributed by atoms with Crippen LogP contribution in [0.1, 0.15) is 16.7 Å². The average molecular weight is 263 g/mol. The van der Waals surface area contributed by atoms with E-state index >= 15 is 0 Å². The molecule has 1 amide bonds. The van der Waals surface area contributed by atoms with Crippen molar-refractivity contribution in [2.45, 2.75) is 13.0 Å². The topological polar surface area (TPSA) is 32.1 Å². The first-order valence-corrected chi connectivity index (χ1v) is 6.92. The van der Waals surface area contributed by atoms with Crippen molar-refractivity contribution in [3.05, 3.63) is 65.2 Å². The highest BCUT2D eigenvalue weighted by Gasteiger charge is 2.35. The van der Waals surface area contributed by atoms with Crippen LogP contribution in [0.4, 0.5) is 5.69 Å². The molecule has 2 aromatic rings. The third kappa shape index (κ3) is 1.67. The van der Waals surface area contributed by atoms with E-state index in [4.69, 9.17) is 0 Å². The lowest BCUT2D eigenvalue weighted by atomic mass is 10.00. The van der Waals surface area contributed by atoms with Crippen molar-refractivity contribution in [2.24, 2.45) is 0 Å². The lowest BCUT2D eigenvalue weighted by molar-refractivity contribution is -0.545. The van der Waals surface area contributed by atoms with Crippen LogP contribution in [0.2, 0.25) is 0 Å². The van der Waals surface area contributed by atoms with Gasteiger partial charge in [0.05, 0.1) is 11.3 Å². The summed E-state index contributed by atoms with van der Waals surface area (Å²) < 4.78 is 2.20. The molecule has 1 N–H and O–H groups in total. The maximum Gasteiger partial charge on any atom is 0.320 e. The van der Waals surface area contributed by atoms with Crippen LogP contribution in [0, 0.1) is 0 Å². The smallest absolute Gasteiger partial charge is 0.316 e. The highest BCUT2D eigenvalue weighted by atomic mass is 16.2. The van der Waals surface area contributed by atoms with Gasteiger partial charge in [-0.15, -0.1) is 0 Å². The van der Waals surface area contributed by atoms with Crippen LogP contribution in [0.25, 0.3) is 0 Å². The Hall–Kier alpha value is -2.42. The largest absolute Gasteiger partial charge is 0.320 e. The Morgan fingerprint density at radius 3 is 2.60 bits per heavy atom. The second-order valence-corrected chi connectivity index (χ2v) is 5.29. The number of hydrogen-bond donors (Lipinski definition) is 1. The molecule has 4 rings (SSSR count). The number of benzene rings is 2. The second-order valence-electron chi connectivity index (χ2n) is 5.29. The molecule has 0 bridgehead atoms. The Kier molecular flexibility index (Phi) is 2.46. The van der Waals surface area contributed by atoms with E-state index < -0.39 is 0 Å². The molecular weight excluding hydrogens is 248 g/mol. The molecule has 3 nitrogen and oxygen atoms in total. The third-order valence-electron chi connectivity index (χ3n) is 4.09. The molecule has 0 radical (unpaired) electrons. The summed E-state index contributed by atoms with van der Waals surface area (Å²) in [6.07, 6.45) is 0.995. The number of nitrogens with one attached hydrogen (secondary N) is 1. The minimum Gasteiger partial charge on any atom is -0.316 e. The number of carbonyl (C=O) groups is 1. The van der Waals surface area contributed by atoms with Gasteiger partial charge in [0.15, 0.2) is 6.54 Å². The number of anilines is 1.